The van der Waals surface area contributed by atoms with Crippen LogP contribution >= 0.6 is 39.3 Å². The number of rotatable bonds is 10. The Kier molecular flexibility index (Phi) is 9.22. The summed E-state index contributed by atoms with van der Waals surface area (Å²) in [5.74, 6) is 2.07. The standard InChI is InChI=1S/C30H29BrClN5O3S/c1-4-39-24-16-20(15-22(31)27(24)40-5-2)26-25(28(38)34-21-12-7-6-8-13-21)18(3)33-29-35-30(36-37(26)29)41-17-19-11-9-10-14-23(19)32/h6-16,26H,4-5,17H2,1-3H3,(H,34,38)(H,33,35,36). The average molecular weight is 655 g/mol. The molecule has 1 aliphatic heterocycles. The molecule has 5 rings (SSSR count). The topological polar surface area (TPSA) is 90.3 Å². The fraction of sp³-hybridized carbons (Fsp3) is 0.233. The van der Waals surface area contributed by atoms with Crippen LogP contribution in [0.4, 0.5) is 11.6 Å². The smallest absolute Gasteiger partial charge is 0.255 e. The van der Waals surface area contributed by atoms with Crippen molar-refractivity contribution in [3.8, 4) is 11.5 Å². The molecule has 0 bridgehead atoms. The minimum atomic E-state index is -0.594. The van der Waals surface area contributed by atoms with Crippen LogP contribution in [-0.4, -0.2) is 33.9 Å². The molecule has 1 unspecified atom stereocenters. The molecule has 3 aromatic carbocycles. The first-order valence-electron chi connectivity index (χ1n) is 13.2. The molecule has 0 spiro atoms. The molecule has 0 saturated heterocycles. The van der Waals surface area contributed by atoms with Gasteiger partial charge in [-0.2, -0.15) is 4.98 Å². The second-order valence-electron chi connectivity index (χ2n) is 9.13. The third-order valence-corrected chi connectivity index (χ3v) is 8.20. The Morgan fingerprint density at radius 2 is 1.83 bits per heavy atom. The second kappa shape index (κ2) is 13.0. The molecule has 8 nitrogen and oxygen atoms in total. The van der Waals surface area contributed by atoms with Crippen LogP contribution in [0.3, 0.4) is 0 Å². The van der Waals surface area contributed by atoms with Gasteiger partial charge in [0.15, 0.2) is 11.5 Å². The predicted octanol–water partition coefficient (Wildman–Crippen LogP) is 7.71. The number of amides is 1. The van der Waals surface area contributed by atoms with Crippen molar-refractivity contribution in [2.45, 2.75) is 37.7 Å². The van der Waals surface area contributed by atoms with Crippen molar-refractivity contribution in [2.75, 3.05) is 23.8 Å². The van der Waals surface area contributed by atoms with Crippen molar-refractivity contribution in [1.82, 2.24) is 14.8 Å². The summed E-state index contributed by atoms with van der Waals surface area (Å²) in [5.41, 5.74) is 3.66. The molecule has 212 valence electrons. The van der Waals surface area contributed by atoms with Crippen LogP contribution in [0.2, 0.25) is 5.02 Å². The van der Waals surface area contributed by atoms with Gasteiger partial charge >= 0.3 is 0 Å². The predicted molar refractivity (Wildman–Crippen MR) is 167 cm³/mol. The van der Waals surface area contributed by atoms with Crippen molar-refractivity contribution in [1.29, 1.82) is 0 Å². The molecular weight excluding hydrogens is 626 g/mol. The van der Waals surface area contributed by atoms with Crippen molar-refractivity contribution in [3.63, 3.8) is 0 Å². The number of thioether (sulfide) groups is 1. The minimum Gasteiger partial charge on any atom is -0.490 e. The molecule has 11 heteroatoms. The second-order valence-corrected chi connectivity index (χ2v) is 11.3. The number of fused-ring (bicyclic) bond motifs is 1. The summed E-state index contributed by atoms with van der Waals surface area (Å²) in [6, 6.07) is 20.3. The fourth-order valence-electron chi connectivity index (χ4n) is 4.57. The lowest BCUT2D eigenvalue weighted by molar-refractivity contribution is -0.113. The number of halogens is 2. The number of nitrogens with one attached hydrogen (secondary N) is 2. The number of benzene rings is 3. The largest absolute Gasteiger partial charge is 0.490 e. The van der Waals surface area contributed by atoms with Crippen molar-refractivity contribution >= 4 is 56.8 Å². The number of hydrogen-bond acceptors (Lipinski definition) is 7. The summed E-state index contributed by atoms with van der Waals surface area (Å²) in [7, 11) is 0. The molecular formula is C30H29BrClN5O3S. The Morgan fingerprint density at radius 3 is 2.56 bits per heavy atom. The molecule has 4 aromatic rings. The first-order valence-corrected chi connectivity index (χ1v) is 15.3. The van der Waals surface area contributed by atoms with E-state index in [0.717, 1.165) is 11.1 Å². The molecule has 0 fully saturated rings. The third kappa shape index (κ3) is 6.39. The Bertz CT molecular complexity index is 1590. The van der Waals surface area contributed by atoms with Crippen molar-refractivity contribution in [2.24, 2.45) is 0 Å². The number of hydrogen-bond donors (Lipinski definition) is 2. The van der Waals surface area contributed by atoms with Gasteiger partial charge in [0.2, 0.25) is 11.1 Å². The van der Waals surface area contributed by atoms with Gasteiger partial charge in [-0.15, -0.1) is 5.10 Å². The van der Waals surface area contributed by atoms with E-state index in [1.165, 1.54) is 11.8 Å². The third-order valence-electron chi connectivity index (χ3n) is 6.36. The number of ether oxygens (including phenoxy) is 2. The number of carbonyl (C=O) groups excluding carboxylic acids is 1. The van der Waals surface area contributed by atoms with Crippen molar-refractivity contribution in [3.05, 3.63) is 98.6 Å². The van der Waals surface area contributed by atoms with E-state index in [1.807, 2.05) is 87.5 Å². The molecule has 1 atom stereocenters. The molecule has 1 amide bonds. The van der Waals surface area contributed by atoms with Crippen LogP contribution in [0, 0.1) is 0 Å². The van der Waals surface area contributed by atoms with Gasteiger partial charge in [-0.1, -0.05) is 59.8 Å². The monoisotopic (exact) mass is 653 g/mol. The number of para-hydroxylation sites is 1. The van der Waals surface area contributed by atoms with E-state index in [4.69, 9.17) is 31.2 Å². The van der Waals surface area contributed by atoms with Crippen LogP contribution in [-0.2, 0) is 10.5 Å². The zero-order chi connectivity index (χ0) is 28.9. The quantitative estimate of drug-likeness (QED) is 0.169. The van der Waals surface area contributed by atoms with Crippen LogP contribution < -0.4 is 20.1 Å². The fourth-order valence-corrected chi connectivity index (χ4v) is 6.25. The highest BCUT2D eigenvalue weighted by atomic mass is 79.9. The normalized spacial score (nSPS) is 14.3. The number of carbonyl (C=O) groups is 1. The van der Waals surface area contributed by atoms with Crippen molar-refractivity contribution < 1.29 is 14.3 Å². The van der Waals surface area contributed by atoms with Gasteiger partial charge in [0, 0.05) is 22.2 Å². The van der Waals surface area contributed by atoms with Gasteiger partial charge < -0.3 is 20.1 Å². The Morgan fingerprint density at radius 1 is 1.10 bits per heavy atom. The van der Waals surface area contributed by atoms with E-state index in [2.05, 4.69) is 26.6 Å². The van der Waals surface area contributed by atoms with E-state index in [-0.39, 0.29) is 5.91 Å². The van der Waals surface area contributed by atoms with E-state index in [0.29, 0.717) is 68.0 Å². The van der Waals surface area contributed by atoms with Gasteiger partial charge in [-0.25, -0.2) is 4.68 Å². The molecule has 2 N–H and O–H groups in total. The highest BCUT2D eigenvalue weighted by Gasteiger charge is 2.35. The molecule has 0 saturated carbocycles. The zero-order valence-electron chi connectivity index (χ0n) is 22.8. The zero-order valence-corrected chi connectivity index (χ0v) is 25.9. The summed E-state index contributed by atoms with van der Waals surface area (Å²) >= 11 is 11.5. The van der Waals surface area contributed by atoms with E-state index < -0.39 is 6.04 Å². The maximum Gasteiger partial charge on any atom is 0.255 e. The minimum absolute atomic E-state index is 0.249. The highest BCUT2D eigenvalue weighted by Crippen LogP contribution is 2.43. The summed E-state index contributed by atoms with van der Waals surface area (Å²) < 4.78 is 14.3. The molecule has 0 aliphatic carbocycles. The molecule has 2 heterocycles. The van der Waals surface area contributed by atoms with Gasteiger partial charge in [0.05, 0.1) is 23.3 Å². The first-order chi connectivity index (χ1) is 19.9. The Hall–Kier alpha value is -3.47. The lowest BCUT2D eigenvalue weighted by atomic mass is 9.94. The van der Waals surface area contributed by atoms with Crippen LogP contribution in [0.5, 0.6) is 11.5 Å². The van der Waals surface area contributed by atoms with E-state index in [1.54, 1.807) is 4.68 Å². The lowest BCUT2D eigenvalue weighted by Crippen LogP contribution is -2.31. The maximum absolute atomic E-state index is 13.8. The highest BCUT2D eigenvalue weighted by molar-refractivity contribution is 9.10. The summed E-state index contributed by atoms with van der Waals surface area (Å²) in [6.45, 7) is 6.64. The Balaban J connectivity index is 1.57. The number of anilines is 2. The molecule has 1 aromatic heterocycles. The van der Waals surface area contributed by atoms with Crippen LogP contribution in [0.1, 0.15) is 37.9 Å². The summed E-state index contributed by atoms with van der Waals surface area (Å²) in [6.07, 6.45) is 0. The average Bonchev–Trinajstić information content (AvgIpc) is 3.36. The van der Waals surface area contributed by atoms with Gasteiger partial charge in [-0.05, 0) is 78.2 Å². The van der Waals surface area contributed by atoms with E-state index in [9.17, 15) is 4.79 Å². The lowest BCUT2D eigenvalue weighted by Gasteiger charge is -2.29. The summed E-state index contributed by atoms with van der Waals surface area (Å²) in [5, 5.41) is 12.4. The van der Waals surface area contributed by atoms with Crippen LogP contribution in [0.25, 0.3) is 0 Å². The van der Waals surface area contributed by atoms with Crippen LogP contribution in [0.15, 0.2) is 87.6 Å². The molecule has 41 heavy (non-hydrogen) atoms. The first kappa shape index (κ1) is 29.0. The molecule has 1 aliphatic rings. The maximum atomic E-state index is 13.8. The number of allylic oxidation sites excluding steroid dienone is 1. The number of aromatic nitrogens is 3. The number of nitrogens with zero attached hydrogens (tertiary/aromatic N) is 3. The van der Waals surface area contributed by atoms with Gasteiger partial charge in [0.25, 0.3) is 5.91 Å². The summed E-state index contributed by atoms with van der Waals surface area (Å²) in [4.78, 5) is 18.6. The van der Waals surface area contributed by atoms with E-state index >= 15 is 0 Å². The SMILES string of the molecule is CCOc1cc(C2C(C(=O)Nc3ccccc3)=C(C)Nc3nc(SCc4ccccc4Cl)nn32)cc(Br)c1OCC. The Labute approximate surface area is 256 Å². The molecule has 0 radical (unpaired) electrons. The van der Waals surface area contributed by atoms with Gasteiger partial charge in [-0.3, -0.25) is 4.79 Å². The van der Waals surface area contributed by atoms with Gasteiger partial charge in [0.1, 0.15) is 6.04 Å².